The number of rotatable bonds is 3. The van der Waals surface area contributed by atoms with E-state index in [0.717, 1.165) is 10.0 Å². The standard InChI is InChI=1S/C10H13BrN2O/c1-7(13-10(14)6-12)8-2-4-9(11)5-3-8/h2-5,7H,6,12H2,1H3,(H,13,14)/t7-/m1/s1. The molecular formula is C10H13BrN2O. The lowest BCUT2D eigenvalue weighted by Gasteiger charge is -2.13. The number of nitrogens with two attached hydrogens (primary N) is 1. The zero-order valence-corrected chi connectivity index (χ0v) is 9.54. The Morgan fingerprint density at radius 3 is 2.57 bits per heavy atom. The Hall–Kier alpha value is -0.870. The quantitative estimate of drug-likeness (QED) is 0.863. The number of hydrogen-bond donors (Lipinski definition) is 2. The monoisotopic (exact) mass is 256 g/mol. The molecule has 4 heteroatoms. The molecule has 3 N–H and O–H groups in total. The highest BCUT2D eigenvalue weighted by atomic mass is 79.9. The number of halogens is 1. The molecule has 1 aromatic rings. The summed E-state index contributed by atoms with van der Waals surface area (Å²) in [6.45, 7) is 1.96. The average molecular weight is 257 g/mol. The lowest BCUT2D eigenvalue weighted by atomic mass is 10.1. The predicted octanol–water partition coefficient (Wildman–Crippen LogP) is 1.59. The van der Waals surface area contributed by atoms with Gasteiger partial charge in [-0.3, -0.25) is 4.79 Å². The van der Waals surface area contributed by atoms with Gasteiger partial charge in [-0.25, -0.2) is 0 Å². The third-order valence-electron chi connectivity index (χ3n) is 1.93. The summed E-state index contributed by atoms with van der Waals surface area (Å²) in [6.07, 6.45) is 0. The van der Waals surface area contributed by atoms with Crippen LogP contribution in [0.5, 0.6) is 0 Å². The van der Waals surface area contributed by atoms with Gasteiger partial charge in [0, 0.05) is 4.47 Å². The maximum Gasteiger partial charge on any atom is 0.234 e. The minimum Gasteiger partial charge on any atom is -0.348 e. The van der Waals surface area contributed by atoms with Crippen LogP contribution in [0.2, 0.25) is 0 Å². The maximum atomic E-state index is 11.0. The van der Waals surface area contributed by atoms with Crippen molar-refractivity contribution in [2.45, 2.75) is 13.0 Å². The van der Waals surface area contributed by atoms with E-state index in [1.165, 1.54) is 0 Å². The second kappa shape index (κ2) is 5.12. The third-order valence-corrected chi connectivity index (χ3v) is 2.46. The molecular weight excluding hydrogens is 244 g/mol. The molecule has 1 amide bonds. The number of carbonyl (C=O) groups is 1. The van der Waals surface area contributed by atoms with Crippen molar-refractivity contribution in [1.29, 1.82) is 0 Å². The van der Waals surface area contributed by atoms with E-state index in [1.54, 1.807) is 0 Å². The Labute approximate surface area is 91.8 Å². The Morgan fingerprint density at radius 1 is 1.50 bits per heavy atom. The predicted molar refractivity (Wildman–Crippen MR) is 59.8 cm³/mol. The summed E-state index contributed by atoms with van der Waals surface area (Å²) in [6, 6.07) is 7.82. The van der Waals surface area contributed by atoms with Gasteiger partial charge in [-0.15, -0.1) is 0 Å². The first-order valence-corrected chi connectivity index (χ1v) is 5.17. The molecule has 0 unspecified atom stereocenters. The van der Waals surface area contributed by atoms with Gasteiger partial charge in [-0.05, 0) is 24.6 Å². The van der Waals surface area contributed by atoms with Gasteiger partial charge < -0.3 is 11.1 Å². The summed E-state index contributed by atoms with van der Waals surface area (Å²) >= 11 is 3.35. The molecule has 0 spiro atoms. The van der Waals surface area contributed by atoms with Crippen LogP contribution >= 0.6 is 15.9 Å². The van der Waals surface area contributed by atoms with Crippen LogP contribution in [0.3, 0.4) is 0 Å². The molecule has 1 atom stereocenters. The molecule has 0 fully saturated rings. The second-order valence-corrected chi connectivity index (χ2v) is 3.96. The first-order chi connectivity index (χ1) is 6.63. The Kier molecular flexibility index (Phi) is 4.10. The SMILES string of the molecule is C[C@@H](NC(=O)CN)c1ccc(Br)cc1. The van der Waals surface area contributed by atoms with Crippen LogP contribution < -0.4 is 11.1 Å². The van der Waals surface area contributed by atoms with Gasteiger partial charge in [0.2, 0.25) is 5.91 Å². The second-order valence-electron chi connectivity index (χ2n) is 3.04. The summed E-state index contributed by atoms with van der Waals surface area (Å²) < 4.78 is 1.03. The van der Waals surface area contributed by atoms with E-state index in [9.17, 15) is 4.79 Å². The fourth-order valence-corrected chi connectivity index (χ4v) is 1.40. The molecule has 76 valence electrons. The number of hydrogen-bond acceptors (Lipinski definition) is 2. The van der Waals surface area contributed by atoms with E-state index in [2.05, 4.69) is 21.2 Å². The van der Waals surface area contributed by atoms with Crippen molar-refractivity contribution in [2.24, 2.45) is 5.73 Å². The third kappa shape index (κ3) is 3.12. The fraction of sp³-hybridized carbons (Fsp3) is 0.300. The molecule has 3 nitrogen and oxygen atoms in total. The van der Waals surface area contributed by atoms with Crippen LogP contribution in [-0.4, -0.2) is 12.5 Å². The van der Waals surface area contributed by atoms with Crippen molar-refractivity contribution in [3.8, 4) is 0 Å². The van der Waals surface area contributed by atoms with Crippen LogP contribution in [0, 0.1) is 0 Å². The average Bonchev–Trinajstić information content (AvgIpc) is 2.18. The smallest absolute Gasteiger partial charge is 0.234 e. The lowest BCUT2D eigenvalue weighted by molar-refractivity contribution is -0.120. The van der Waals surface area contributed by atoms with E-state index < -0.39 is 0 Å². The zero-order valence-electron chi connectivity index (χ0n) is 7.96. The summed E-state index contributed by atoms with van der Waals surface area (Å²) in [5.41, 5.74) is 6.27. The molecule has 0 aliphatic rings. The minimum absolute atomic E-state index is 0.000787. The van der Waals surface area contributed by atoms with Crippen molar-refractivity contribution in [3.63, 3.8) is 0 Å². The molecule has 1 rings (SSSR count). The lowest BCUT2D eigenvalue weighted by Crippen LogP contribution is -2.32. The van der Waals surface area contributed by atoms with Crippen molar-refractivity contribution in [3.05, 3.63) is 34.3 Å². The number of amides is 1. The minimum atomic E-state index is -0.139. The van der Waals surface area contributed by atoms with E-state index >= 15 is 0 Å². The molecule has 1 aromatic carbocycles. The number of carbonyl (C=O) groups excluding carboxylic acids is 1. The van der Waals surface area contributed by atoms with E-state index in [1.807, 2.05) is 31.2 Å². The summed E-state index contributed by atoms with van der Waals surface area (Å²) in [4.78, 5) is 11.0. The molecule has 14 heavy (non-hydrogen) atoms. The van der Waals surface area contributed by atoms with Gasteiger partial charge in [-0.2, -0.15) is 0 Å². The summed E-state index contributed by atoms with van der Waals surface area (Å²) in [5, 5.41) is 2.79. The Balaban J connectivity index is 2.65. The van der Waals surface area contributed by atoms with Gasteiger partial charge in [-0.1, -0.05) is 28.1 Å². The highest BCUT2D eigenvalue weighted by Gasteiger charge is 2.07. The zero-order chi connectivity index (χ0) is 10.6. The topological polar surface area (TPSA) is 55.1 Å². The van der Waals surface area contributed by atoms with E-state index in [0.29, 0.717) is 0 Å². The summed E-state index contributed by atoms with van der Waals surface area (Å²) in [5.74, 6) is -0.139. The number of nitrogens with one attached hydrogen (secondary N) is 1. The Morgan fingerprint density at radius 2 is 2.07 bits per heavy atom. The highest BCUT2D eigenvalue weighted by molar-refractivity contribution is 9.10. The van der Waals surface area contributed by atoms with Crippen molar-refractivity contribution in [1.82, 2.24) is 5.32 Å². The van der Waals surface area contributed by atoms with Crippen molar-refractivity contribution in [2.75, 3.05) is 6.54 Å². The highest BCUT2D eigenvalue weighted by Crippen LogP contribution is 2.16. The summed E-state index contributed by atoms with van der Waals surface area (Å²) in [7, 11) is 0. The van der Waals surface area contributed by atoms with Crippen molar-refractivity contribution < 1.29 is 4.79 Å². The number of benzene rings is 1. The maximum absolute atomic E-state index is 11.0. The van der Waals surface area contributed by atoms with Crippen molar-refractivity contribution >= 4 is 21.8 Å². The molecule has 0 aromatic heterocycles. The van der Waals surface area contributed by atoms with Gasteiger partial charge in [0.05, 0.1) is 12.6 Å². The van der Waals surface area contributed by atoms with Gasteiger partial charge in [0.25, 0.3) is 0 Å². The largest absolute Gasteiger partial charge is 0.348 e. The first kappa shape index (κ1) is 11.2. The fourth-order valence-electron chi connectivity index (χ4n) is 1.14. The molecule has 0 aliphatic heterocycles. The van der Waals surface area contributed by atoms with Crippen LogP contribution in [-0.2, 0) is 4.79 Å². The van der Waals surface area contributed by atoms with Crippen LogP contribution in [0.1, 0.15) is 18.5 Å². The molecule has 0 bridgehead atoms. The Bertz CT molecular complexity index is 310. The van der Waals surface area contributed by atoms with Crippen LogP contribution in [0.25, 0.3) is 0 Å². The molecule has 0 heterocycles. The molecule has 0 saturated heterocycles. The van der Waals surface area contributed by atoms with Gasteiger partial charge in [0.15, 0.2) is 0 Å². The van der Waals surface area contributed by atoms with Gasteiger partial charge >= 0.3 is 0 Å². The van der Waals surface area contributed by atoms with E-state index in [-0.39, 0.29) is 18.5 Å². The first-order valence-electron chi connectivity index (χ1n) is 4.38. The normalized spacial score (nSPS) is 12.2. The molecule has 0 aliphatic carbocycles. The molecule has 0 radical (unpaired) electrons. The van der Waals surface area contributed by atoms with E-state index in [4.69, 9.17) is 5.73 Å². The van der Waals surface area contributed by atoms with Crippen LogP contribution in [0.15, 0.2) is 28.7 Å². The van der Waals surface area contributed by atoms with Crippen LogP contribution in [0.4, 0.5) is 0 Å². The molecule has 0 saturated carbocycles. The van der Waals surface area contributed by atoms with Gasteiger partial charge in [0.1, 0.15) is 0 Å².